The molecule has 1 atom stereocenters. The molecule has 0 bridgehead atoms. The Morgan fingerprint density at radius 2 is 2.11 bits per heavy atom. The molecule has 27 heavy (non-hydrogen) atoms. The molecule has 0 spiro atoms. The molecule has 1 amide bonds. The van der Waals surface area contributed by atoms with Gasteiger partial charge in [0.2, 0.25) is 0 Å². The molecule has 1 aliphatic rings. The number of hydrogen-bond acceptors (Lipinski definition) is 6. The maximum absolute atomic E-state index is 12.6. The highest BCUT2D eigenvalue weighted by Gasteiger charge is 2.32. The van der Waals surface area contributed by atoms with Crippen molar-refractivity contribution in [2.24, 2.45) is 0 Å². The summed E-state index contributed by atoms with van der Waals surface area (Å²) in [6.07, 6.45) is 3.86. The average molecular weight is 403 g/mol. The van der Waals surface area contributed by atoms with Crippen molar-refractivity contribution in [2.75, 3.05) is 11.5 Å². The number of hydrogen-bond donors (Lipinski definition) is 1. The molecule has 0 aliphatic carbocycles. The number of nitrogens with zero attached hydrogens (tertiary/aromatic N) is 3. The Morgan fingerprint density at radius 3 is 2.78 bits per heavy atom. The third kappa shape index (κ3) is 3.93. The van der Waals surface area contributed by atoms with Crippen LogP contribution in [0.1, 0.15) is 28.5 Å². The van der Waals surface area contributed by atoms with Crippen LogP contribution in [0.3, 0.4) is 0 Å². The normalized spacial score (nSPS) is 18.4. The molecule has 3 aromatic rings. The molecule has 0 aromatic carbocycles. The van der Waals surface area contributed by atoms with Crippen LogP contribution in [-0.4, -0.2) is 40.6 Å². The molecule has 1 saturated heterocycles. The number of carbonyl (C=O) groups excluding carboxylic acids is 1. The summed E-state index contributed by atoms with van der Waals surface area (Å²) < 4.78 is 25.5. The lowest BCUT2D eigenvalue weighted by Crippen LogP contribution is -2.24. The summed E-state index contributed by atoms with van der Waals surface area (Å²) in [5.74, 6) is -0.0694. The first-order valence-electron chi connectivity index (χ1n) is 8.53. The van der Waals surface area contributed by atoms with Gasteiger partial charge >= 0.3 is 0 Å². The number of amides is 1. The summed E-state index contributed by atoms with van der Waals surface area (Å²) in [5, 5.41) is 9.26. The average Bonchev–Trinajstić information content (AvgIpc) is 3.39. The van der Waals surface area contributed by atoms with Gasteiger partial charge in [0.1, 0.15) is 0 Å². The molecule has 4 rings (SSSR count). The van der Waals surface area contributed by atoms with Crippen molar-refractivity contribution in [3.63, 3.8) is 0 Å². The summed E-state index contributed by atoms with van der Waals surface area (Å²) in [6.45, 7) is 0.375. The lowest BCUT2D eigenvalue weighted by Gasteiger charge is -2.12. The van der Waals surface area contributed by atoms with E-state index in [0.717, 1.165) is 16.1 Å². The van der Waals surface area contributed by atoms with E-state index in [2.05, 4.69) is 15.4 Å². The second-order valence-electron chi connectivity index (χ2n) is 6.43. The lowest BCUT2D eigenvalue weighted by molar-refractivity contribution is 0.0945. The number of rotatable bonds is 5. The molecular weight excluding hydrogens is 384 g/mol. The summed E-state index contributed by atoms with van der Waals surface area (Å²) in [6, 6.07) is 9.03. The van der Waals surface area contributed by atoms with E-state index >= 15 is 0 Å². The minimum Gasteiger partial charge on any atom is -0.347 e. The number of nitrogens with one attached hydrogen (secondary N) is 1. The smallest absolute Gasteiger partial charge is 0.272 e. The van der Waals surface area contributed by atoms with Crippen LogP contribution in [0.4, 0.5) is 0 Å². The molecule has 0 radical (unpaired) electrons. The Hall–Kier alpha value is -2.52. The fourth-order valence-electron chi connectivity index (χ4n) is 3.13. The quantitative estimate of drug-likeness (QED) is 0.707. The minimum atomic E-state index is -3.05. The first kappa shape index (κ1) is 17.9. The van der Waals surface area contributed by atoms with Crippen molar-refractivity contribution in [2.45, 2.75) is 19.0 Å². The Bertz CT molecular complexity index is 1040. The molecule has 1 fully saturated rings. The van der Waals surface area contributed by atoms with Crippen molar-refractivity contribution in [3.8, 4) is 10.6 Å². The van der Waals surface area contributed by atoms with Crippen molar-refractivity contribution < 1.29 is 13.2 Å². The van der Waals surface area contributed by atoms with Crippen LogP contribution in [0.25, 0.3) is 10.6 Å². The van der Waals surface area contributed by atoms with Gasteiger partial charge in [-0.05, 0) is 41.6 Å². The van der Waals surface area contributed by atoms with Gasteiger partial charge in [-0.15, -0.1) is 11.3 Å². The van der Waals surface area contributed by atoms with Crippen LogP contribution >= 0.6 is 11.3 Å². The van der Waals surface area contributed by atoms with Crippen LogP contribution in [0.5, 0.6) is 0 Å². The number of sulfone groups is 1. The molecule has 1 aliphatic heterocycles. The van der Waals surface area contributed by atoms with Gasteiger partial charge in [0.05, 0.1) is 28.1 Å². The predicted octanol–water partition coefficient (Wildman–Crippen LogP) is 2.30. The Kier molecular flexibility index (Phi) is 4.79. The number of carbonyl (C=O) groups is 1. The zero-order valence-corrected chi connectivity index (χ0v) is 16.0. The highest BCUT2D eigenvalue weighted by Crippen LogP contribution is 2.32. The zero-order chi connectivity index (χ0) is 18.9. The van der Waals surface area contributed by atoms with E-state index in [1.165, 1.54) is 11.3 Å². The summed E-state index contributed by atoms with van der Waals surface area (Å²) in [4.78, 5) is 17.5. The second-order valence-corrected chi connectivity index (χ2v) is 9.61. The third-order valence-electron chi connectivity index (χ3n) is 4.50. The highest BCUT2D eigenvalue weighted by atomic mass is 32.2. The van der Waals surface area contributed by atoms with Gasteiger partial charge in [0.25, 0.3) is 5.91 Å². The molecule has 1 N–H and O–H groups in total. The largest absolute Gasteiger partial charge is 0.347 e. The van der Waals surface area contributed by atoms with Gasteiger partial charge < -0.3 is 5.32 Å². The van der Waals surface area contributed by atoms with Crippen LogP contribution < -0.4 is 5.32 Å². The van der Waals surface area contributed by atoms with Gasteiger partial charge in [-0.3, -0.25) is 14.5 Å². The third-order valence-corrected chi connectivity index (χ3v) is 7.14. The number of pyridine rings is 1. The molecule has 3 aromatic heterocycles. The molecule has 0 saturated carbocycles. The molecule has 9 heteroatoms. The summed E-state index contributed by atoms with van der Waals surface area (Å²) >= 11 is 1.54. The van der Waals surface area contributed by atoms with Crippen LogP contribution in [-0.2, 0) is 16.4 Å². The van der Waals surface area contributed by atoms with Gasteiger partial charge in [-0.2, -0.15) is 5.10 Å². The Labute approximate surface area is 161 Å². The number of aromatic nitrogens is 3. The fraction of sp³-hybridized carbons (Fsp3) is 0.278. The minimum absolute atomic E-state index is 0.0606. The van der Waals surface area contributed by atoms with E-state index in [-0.39, 0.29) is 29.1 Å². The van der Waals surface area contributed by atoms with E-state index in [4.69, 9.17) is 0 Å². The molecular formula is C18H18N4O3S2. The Morgan fingerprint density at radius 1 is 1.30 bits per heavy atom. The van der Waals surface area contributed by atoms with Crippen molar-refractivity contribution in [1.29, 1.82) is 0 Å². The maximum Gasteiger partial charge on any atom is 0.272 e. The van der Waals surface area contributed by atoms with E-state index in [1.54, 1.807) is 23.1 Å². The maximum atomic E-state index is 12.6. The summed E-state index contributed by atoms with van der Waals surface area (Å²) in [7, 11) is -3.05. The lowest BCUT2D eigenvalue weighted by atomic mass is 10.2. The van der Waals surface area contributed by atoms with Crippen LogP contribution in [0.15, 0.2) is 48.1 Å². The molecule has 7 nitrogen and oxygen atoms in total. The van der Waals surface area contributed by atoms with Crippen molar-refractivity contribution >= 4 is 27.1 Å². The molecule has 140 valence electrons. The number of thiophene rings is 1. The van der Waals surface area contributed by atoms with E-state index < -0.39 is 9.84 Å². The van der Waals surface area contributed by atoms with Crippen LogP contribution in [0, 0.1) is 0 Å². The standard InChI is InChI=1S/C18H18N4O3S2/c23-18(20-11-13-3-6-19-7-4-13)15-10-16(17-2-1-8-26-17)22(21-15)14-5-9-27(24,25)12-14/h1-4,6-8,10,14H,5,9,11-12H2,(H,20,23). The topological polar surface area (TPSA) is 94.0 Å². The zero-order valence-electron chi connectivity index (χ0n) is 14.4. The second kappa shape index (κ2) is 7.24. The highest BCUT2D eigenvalue weighted by molar-refractivity contribution is 7.91. The van der Waals surface area contributed by atoms with E-state index in [0.29, 0.717) is 13.0 Å². The first-order valence-corrected chi connectivity index (χ1v) is 11.2. The van der Waals surface area contributed by atoms with Gasteiger partial charge in [-0.1, -0.05) is 6.07 Å². The molecule has 4 heterocycles. The Balaban J connectivity index is 1.60. The summed E-state index contributed by atoms with van der Waals surface area (Å²) in [5.41, 5.74) is 2.01. The SMILES string of the molecule is O=C(NCc1ccncc1)c1cc(-c2cccs2)n(C2CCS(=O)(=O)C2)n1. The molecule has 1 unspecified atom stereocenters. The van der Waals surface area contributed by atoms with E-state index in [9.17, 15) is 13.2 Å². The van der Waals surface area contributed by atoms with Gasteiger partial charge in [-0.25, -0.2) is 8.42 Å². The van der Waals surface area contributed by atoms with Crippen molar-refractivity contribution in [3.05, 3.63) is 59.4 Å². The predicted molar refractivity (Wildman–Crippen MR) is 103 cm³/mol. The van der Waals surface area contributed by atoms with Crippen LogP contribution in [0.2, 0.25) is 0 Å². The van der Waals surface area contributed by atoms with E-state index in [1.807, 2.05) is 29.6 Å². The van der Waals surface area contributed by atoms with Crippen molar-refractivity contribution in [1.82, 2.24) is 20.1 Å². The first-order chi connectivity index (χ1) is 13.0. The van der Waals surface area contributed by atoms with Gasteiger partial charge in [0.15, 0.2) is 15.5 Å². The fourth-order valence-corrected chi connectivity index (χ4v) is 5.56. The monoisotopic (exact) mass is 402 g/mol. The van der Waals surface area contributed by atoms with Gasteiger partial charge in [0, 0.05) is 18.9 Å².